The molecule has 3 nitrogen and oxygen atoms in total. The highest BCUT2D eigenvalue weighted by Crippen LogP contribution is 2.26. The third-order valence-electron chi connectivity index (χ3n) is 3.50. The first-order valence-electron chi connectivity index (χ1n) is 7.17. The quantitative estimate of drug-likeness (QED) is 0.516. The van der Waals surface area contributed by atoms with Crippen molar-refractivity contribution in [3.8, 4) is 0 Å². The Kier molecular flexibility index (Phi) is 5.28. The van der Waals surface area contributed by atoms with Crippen molar-refractivity contribution in [1.82, 2.24) is 5.32 Å². The Labute approximate surface area is 131 Å². The monoisotopic (exact) mass is 300 g/mol. The van der Waals surface area contributed by atoms with Gasteiger partial charge in [-0.3, -0.25) is 10.1 Å². The van der Waals surface area contributed by atoms with Crippen LogP contribution in [0.5, 0.6) is 0 Å². The third kappa shape index (κ3) is 3.58. The first kappa shape index (κ1) is 15.4. The molecule has 0 atom stereocenters. The molecule has 0 aromatic heterocycles. The van der Waals surface area contributed by atoms with E-state index in [9.17, 15) is 4.79 Å². The fourth-order valence-corrected chi connectivity index (χ4v) is 2.75. The predicted octanol–water partition coefficient (Wildman–Crippen LogP) is 3.36. The molecule has 0 unspecified atom stereocenters. The number of rotatable bonds is 2. The van der Waals surface area contributed by atoms with Gasteiger partial charge in [0.05, 0.1) is 0 Å². The maximum Gasteiger partial charge on any atom is 0.257 e. The predicted molar refractivity (Wildman–Crippen MR) is 91.4 cm³/mol. The molecule has 1 aliphatic rings. The number of hydrogen-bond donors (Lipinski definition) is 1. The second kappa shape index (κ2) is 7.18. The number of carbonyl (C=O) groups is 1. The number of para-hydroxylation sites is 1. The number of nitrogens with zero attached hydrogens (tertiary/aromatic N) is 1. The van der Waals surface area contributed by atoms with Crippen molar-refractivity contribution in [2.75, 3.05) is 11.4 Å². The van der Waals surface area contributed by atoms with Crippen molar-refractivity contribution in [1.29, 1.82) is 0 Å². The van der Waals surface area contributed by atoms with Crippen molar-refractivity contribution in [3.05, 3.63) is 53.6 Å². The lowest BCUT2D eigenvalue weighted by Crippen LogP contribution is -2.45. The maximum atomic E-state index is 12.2. The molecule has 1 aliphatic heterocycles. The van der Waals surface area contributed by atoms with E-state index in [0.717, 1.165) is 25.1 Å². The first-order valence-corrected chi connectivity index (χ1v) is 7.58. The smallest absolute Gasteiger partial charge is 0.257 e. The number of carbonyl (C=O) groups excluding carboxylic acids is 1. The Hall–Kier alpha value is -1.94. The van der Waals surface area contributed by atoms with Crippen LogP contribution in [0.15, 0.2) is 48.1 Å². The van der Waals surface area contributed by atoms with Gasteiger partial charge >= 0.3 is 0 Å². The lowest BCUT2D eigenvalue weighted by atomic mass is 10.0. The maximum absolute atomic E-state index is 12.2. The summed E-state index contributed by atoms with van der Waals surface area (Å²) in [5.74, 6) is -0.163. The zero-order valence-corrected chi connectivity index (χ0v) is 13.2. The molecule has 0 spiro atoms. The van der Waals surface area contributed by atoms with Gasteiger partial charge in [0.15, 0.2) is 5.11 Å². The Bertz CT molecular complexity index is 605. The van der Waals surface area contributed by atoms with Crippen molar-refractivity contribution in [2.24, 2.45) is 0 Å². The van der Waals surface area contributed by atoms with E-state index in [1.54, 1.807) is 12.2 Å². The SMILES string of the molecule is CC=CC(=CC)C(=O)NC(=S)N1CCCc2ccccc21. The molecule has 1 amide bonds. The molecule has 0 radical (unpaired) electrons. The highest BCUT2D eigenvalue weighted by Gasteiger charge is 2.21. The average Bonchev–Trinajstić information content (AvgIpc) is 2.51. The summed E-state index contributed by atoms with van der Waals surface area (Å²) in [6.07, 6.45) is 7.50. The molecule has 2 rings (SSSR count). The summed E-state index contributed by atoms with van der Waals surface area (Å²) >= 11 is 5.42. The number of aryl methyl sites for hydroxylation is 1. The molecule has 0 saturated heterocycles. The molecule has 0 bridgehead atoms. The van der Waals surface area contributed by atoms with Gasteiger partial charge in [-0.1, -0.05) is 36.4 Å². The zero-order chi connectivity index (χ0) is 15.2. The topological polar surface area (TPSA) is 32.3 Å². The summed E-state index contributed by atoms with van der Waals surface area (Å²) in [7, 11) is 0. The van der Waals surface area contributed by atoms with E-state index in [0.29, 0.717) is 10.7 Å². The first-order chi connectivity index (χ1) is 10.2. The molecule has 1 heterocycles. The molecule has 21 heavy (non-hydrogen) atoms. The van der Waals surface area contributed by atoms with Crippen molar-refractivity contribution < 1.29 is 4.79 Å². The summed E-state index contributed by atoms with van der Waals surface area (Å²) in [6, 6.07) is 8.20. The molecular weight excluding hydrogens is 280 g/mol. The van der Waals surface area contributed by atoms with E-state index in [1.807, 2.05) is 37.0 Å². The summed E-state index contributed by atoms with van der Waals surface area (Å²) in [5, 5.41) is 3.29. The van der Waals surface area contributed by atoms with Gasteiger partial charge in [0.2, 0.25) is 0 Å². The van der Waals surface area contributed by atoms with Crippen molar-refractivity contribution >= 4 is 28.9 Å². The molecule has 0 aliphatic carbocycles. The van der Waals surface area contributed by atoms with Crippen LogP contribution in [0, 0.1) is 0 Å². The number of benzene rings is 1. The van der Waals surface area contributed by atoms with Crippen LogP contribution in [0.25, 0.3) is 0 Å². The fraction of sp³-hybridized carbons (Fsp3) is 0.294. The number of fused-ring (bicyclic) bond motifs is 1. The van der Waals surface area contributed by atoms with E-state index < -0.39 is 0 Å². The normalized spacial score (nSPS) is 15.0. The van der Waals surface area contributed by atoms with Gasteiger partial charge in [-0.05, 0) is 50.5 Å². The van der Waals surface area contributed by atoms with Crippen LogP contribution in [-0.4, -0.2) is 17.6 Å². The van der Waals surface area contributed by atoms with E-state index in [2.05, 4.69) is 17.4 Å². The molecule has 110 valence electrons. The summed E-state index contributed by atoms with van der Waals surface area (Å²) < 4.78 is 0. The lowest BCUT2D eigenvalue weighted by molar-refractivity contribution is -0.115. The van der Waals surface area contributed by atoms with Gasteiger partial charge in [0, 0.05) is 17.8 Å². The Balaban J connectivity index is 2.13. The van der Waals surface area contributed by atoms with Crippen LogP contribution < -0.4 is 10.2 Å². The van der Waals surface area contributed by atoms with E-state index in [-0.39, 0.29) is 5.91 Å². The Morgan fingerprint density at radius 1 is 1.33 bits per heavy atom. The minimum Gasteiger partial charge on any atom is -0.318 e. The second-order valence-electron chi connectivity index (χ2n) is 4.89. The van der Waals surface area contributed by atoms with Crippen LogP contribution in [-0.2, 0) is 11.2 Å². The number of hydrogen-bond acceptors (Lipinski definition) is 2. The molecule has 0 saturated carbocycles. The summed E-state index contributed by atoms with van der Waals surface area (Å²) in [4.78, 5) is 14.2. The standard InChI is InChI=1S/C17H20N2OS/c1-3-8-13(4-2)16(20)18-17(21)19-12-7-10-14-9-5-6-11-15(14)19/h3-6,8-9,11H,7,10,12H2,1-2H3,(H,18,20,21). The summed E-state index contributed by atoms with van der Waals surface area (Å²) in [5.41, 5.74) is 2.99. The molecule has 0 fully saturated rings. The molecular formula is C17H20N2OS. The fourth-order valence-electron chi connectivity index (χ4n) is 2.46. The Morgan fingerprint density at radius 2 is 2.10 bits per heavy atom. The Morgan fingerprint density at radius 3 is 2.81 bits per heavy atom. The molecule has 1 aromatic carbocycles. The minimum atomic E-state index is -0.163. The lowest BCUT2D eigenvalue weighted by Gasteiger charge is -2.31. The van der Waals surface area contributed by atoms with Crippen molar-refractivity contribution in [3.63, 3.8) is 0 Å². The van der Waals surface area contributed by atoms with Gasteiger partial charge in [-0.25, -0.2) is 0 Å². The van der Waals surface area contributed by atoms with Gasteiger partial charge < -0.3 is 4.90 Å². The minimum absolute atomic E-state index is 0.163. The highest BCUT2D eigenvalue weighted by atomic mass is 32.1. The third-order valence-corrected chi connectivity index (χ3v) is 3.82. The van der Waals surface area contributed by atoms with E-state index in [1.165, 1.54) is 5.56 Å². The van der Waals surface area contributed by atoms with Crippen LogP contribution in [0.3, 0.4) is 0 Å². The molecule has 4 heteroatoms. The van der Waals surface area contributed by atoms with Gasteiger partial charge in [-0.2, -0.15) is 0 Å². The largest absolute Gasteiger partial charge is 0.318 e. The molecule has 1 aromatic rings. The van der Waals surface area contributed by atoms with E-state index in [4.69, 9.17) is 12.2 Å². The second-order valence-corrected chi connectivity index (χ2v) is 5.27. The number of nitrogens with one attached hydrogen (secondary N) is 1. The van der Waals surface area contributed by atoms with Crippen LogP contribution >= 0.6 is 12.2 Å². The van der Waals surface area contributed by atoms with E-state index >= 15 is 0 Å². The van der Waals surface area contributed by atoms with Crippen LogP contribution in [0.4, 0.5) is 5.69 Å². The van der Waals surface area contributed by atoms with Gasteiger partial charge in [-0.15, -0.1) is 0 Å². The number of allylic oxidation sites excluding steroid dienone is 2. The number of anilines is 1. The average molecular weight is 300 g/mol. The molecule has 1 N–H and O–H groups in total. The van der Waals surface area contributed by atoms with Crippen LogP contribution in [0.1, 0.15) is 25.8 Å². The van der Waals surface area contributed by atoms with Gasteiger partial charge in [0.1, 0.15) is 0 Å². The summed E-state index contributed by atoms with van der Waals surface area (Å²) in [6.45, 7) is 4.56. The van der Waals surface area contributed by atoms with Gasteiger partial charge in [0.25, 0.3) is 5.91 Å². The van der Waals surface area contributed by atoms with Crippen molar-refractivity contribution in [2.45, 2.75) is 26.7 Å². The highest BCUT2D eigenvalue weighted by molar-refractivity contribution is 7.80. The van der Waals surface area contributed by atoms with Crippen LogP contribution in [0.2, 0.25) is 0 Å². The zero-order valence-electron chi connectivity index (χ0n) is 12.4. The number of amides is 1. The number of thiocarbonyl (C=S) groups is 1.